The Morgan fingerprint density at radius 3 is 1.18 bits per heavy atom. The minimum absolute atomic E-state index is 0.973. The molecule has 0 saturated carbocycles. The third kappa shape index (κ3) is 1.92. The van der Waals surface area contributed by atoms with Crippen LogP contribution in [0, 0.1) is 41.5 Å². The number of rotatable bonds is 2. The topological polar surface area (TPSA) is 31.6 Å². The number of hydrogen-bond acceptors (Lipinski definition) is 0. The molecular formula is C15H22N2. The second kappa shape index (κ2) is 4.10. The molecule has 0 saturated heterocycles. The number of aromatic amines is 2. The van der Waals surface area contributed by atoms with E-state index in [4.69, 9.17) is 0 Å². The van der Waals surface area contributed by atoms with Gasteiger partial charge in [0.2, 0.25) is 0 Å². The van der Waals surface area contributed by atoms with E-state index in [1.54, 1.807) is 0 Å². The molecule has 0 fully saturated rings. The number of H-pyrrole nitrogens is 2. The van der Waals surface area contributed by atoms with Crippen LogP contribution in [0.15, 0.2) is 0 Å². The van der Waals surface area contributed by atoms with Crippen molar-refractivity contribution in [1.29, 1.82) is 0 Å². The predicted octanol–water partition coefficient (Wildman–Crippen LogP) is 3.78. The molecule has 2 aromatic heterocycles. The van der Waals surface area contributed by atoms with Gasteiger partial charge in [-0.25, -0.2) is 0 Å². The van der Waals surface area contributed by atoms with Crippen LogP contribution in [0.3, 0.4) is 0 Å². The smallest absolute Gasteiger partial charge is 0.0283 e. The van der Waals surface area contributed by atoms with Gasteiger partial charge in [-0.1, -0.05) is 0 Å². The van der Waals surface area contributed by atoms with Gasteiger partial charge in [0.15, 0.2) is 0 Å². The first-order chi connectivity index (χ1) is 7.91. The van der Waals surface area contributed by atoms with Crippen molar-refractivity contribution in [3.05, 3.63) is 45.0 Å². The molecule has 2 rings (SSSR count). The number of hydrogen-bond donors (Lipinski definition) is 2. The maximum absolute atomic E-state index is 3.50. The highest BCUT2D eigenvalue weighted by molar-refractivity contribution is 5.40. The van der Waals surface area contributed by atoms with Crippen LogP contribution in [0.2, 0.25) is 0 Å². The molecule has 0 bridgehead atoms. The molecule has 2 aromatic rings. The van der Waals surface area contributed by atoms with Crippen LogP contribution in [-0.4, -0.2) is 9.97 Å². The summed E-state index contributed by atoms with van der Waals surface area (Å²) in [7, 11) is 0. The maximum Gasteiger partial charge on any atom is 0.0283 e. The summed E-state index contributed by atoms with van der Waals surface area (Å²) >= 11 is 0. The zero-order valence-electron chi connectivity index (χ0n) is 11.7. The fourth-order valence-corrected chi connectivity index (χ4v) is 2.37. The van der Waals surface area contributed by atoms with Crippen LogP contribution in [0.1, 0.15) is 45.0 Å². The van der Waals surface area contributed by atoms with Gasteiger partial charge in [-0.15, -0.1) is 0 Å². The van der Waals surface area contributed by atoms with Gasteiger partial charge in [0.05, 0.1) is 0 Å². The molecule has 0 radical (unpaired) electrons. The molecule has 0 unspecified atom stereocenters. The van der Waals surface area contributed by atoms with Crippen molar-refractivity contribution in [1.82, 2.24) is 9.97 Å². The summed E-state index contributed by atoms with van der Waals surface area (Å²) in [5.74, 6) is 0. The molecule has 17 heavy (non-hydrogen) atoms. The van der Waals surface area contributed by atoms with Gasteiger partial charge in [-0.2, -0.15) is 0 Å². The molecule has 0 aliphatic carbocycles. The Kier molecular flexibility index (Phi) is 2.90. The van der Waals surface area contributed by atoms with Gasteiger partial charge in [0.1, 0.15) is 0 Å². The SMILES string of the molecule is Cc1[nH]c(Cc2[nH]c(C)c(C)c2C)c(C)c1C. The normalized spacial score (nSPS) is 11.2. The maximum atomic E-state index is 3.50. The average molecular weight is 230 g/mol. The molecule has 0 aliphatic heterocycles. The lowest BCUT2D eigenvalue weighted by molar-refractivity contribution is 1.00. The summed E-state index contributed by atoms with van der Waals surface area (Å²) in [6, 6.07) is 0. The van der Waals surface area contributed by atoms with Crippen LogP contribution < -0.4 is 0 Å². The highest BCUT2D eigenvalue weighted by atomic mass is 14.8. The Bertz CT molecular complexity index is 506. The molecule has 2 nitrogen and oxygen atoms in total. The van der Waals surface area contributed by atoms with E-state index in [0.717, 1.165) is 6.42 Å². The summed E-state index contributed by atoms with van der Waals surface area (Å²) < 4.78 is 0. The van der Waals surface area contributed by atoms with E-state index >= 15 is 0 Å². The van der Waals surface area contributed by atoms with Crippen molar-refractivity contribution in [3.63, 3.8) is 0 Å². The summed E-state index contributed by atoms with van der Waals surface area (Å²) in [5, 5.41) is 0. The average Bonchev–Trinajstić information content (AvgIpc) is 2.66. The van der Waals surface area contributed by atoms with Crippen molar-refractivity contribution in [2.45, 2.75) is 48.0 Å². The van der Waals surface area contributed by atoms with Crippen molar-refractivity contribution in [2.75, 3.05) is 0 Å². The zero-order valence-corrected chi connectivity index (χ0v) is 11.7. The van der Waals surface area contributed by atoms with Gasteiger partial charge < -0.3 is 9.97 Å². The standard InChI is InChI=1S/C15H22N2/c1-8-10(3)14(16-12(8)5)7-15-11(4)9(2)13(6)17-15/h16-17H,7H2,1-6H3. The summed E-state index contributed by atoms with van der Waals surface area (Å²) in [4.78, 5) is 6.99. The van der Waals surface area contributed by atoms with E-state index in [0.29, 0.717) is 0 Å². The lowest BCUT2D eigenvalue weighted by Crippen LogP contribution is -1.94. The summed E-state index contributed by atoms with van der Waals surface area (Å²) in [5.41, 5.74) is 10.8. The predicted molar refractivity (Wildman–Crippen MR) is 72.8 cm³/mol. The molecule has 2 N–H and O–H groups in total. The van der Waals surface area contributed by atoms with Crippen molar-refractivity contribution in [3.8, 4) is 0 Å². The monoisotopic (exact) mass is 230 g/mol. The second-order valence-corrected chi connectivity index (χ2v) is 5.13. The third-order valence-corrected chi connectivity index (χ3v) is 4.19. The van der Waals surface area contributed by atoms with Crippen molar-refractivity contribution >= 4 is 0 Å². The minimum atomic E-state index is 0.973. The fourth-order valence-electron chi connectivity index (χ4n) is 2.37. The van der Waals surface area contributed by atoms with Gasteiger partial charge in [0, 0.05) is 29.2 Å². The largest absolute Gasteiger partial charge is 0.362 e. The molecule has 0 spiro atoms. The highest BCUT2D eigenvalue weighted by Gasteiger charge is 2.12. The van der Waals surface area contributed by atoms with E-state index in [2.05, 4.69) is 51.5 Å². The third-order valence-electron chi connectivity index (χ3n) is 4.19. The molecule has 2 heteroatoms. The van der Waals surface area contributed by atoms with Crippen LogP contribution in [-0.2, 0) is 6.42 Å². The van der Waals surface area contributed by atoms with Crippen molar-refractivity contribution < 1.29 is 0 Å². The van der Waals surface area contributed by atoms with Gasteiger partial charge in [-0.05, 0) is 63.8 Å². The second-order valence-electron chi connectivity index (χ2n) is 5.13. The van der Waals surface area contributed by atoms with E-state index in [1.807, 2.05) is 0 Å². The van der Waals surface area contributed by atoms with Crippen LogP contribution in [0.5, 0.6) is 0 Å². The Labute approximate surface area is 103 Å². The minimum Gasteiger partial charge on any atom is -0.362 e. The van der Waals surface area contributed by atoms with Crippen LogP contribution in [0.4, 0.5) is 0 Å². The quantitative estimate of drug-likeness (QED) is 0.787. The molecule has 0 amide bonds. The molecule has 2 heterocycles. The Morgan fingerprint density at radius 2 is 0.941 bits per heavy atom. The first kappa shape index (κ1) is 12.0. The zero-order chi connectivity index (χ0) is 12.7. The van der Waals surface area contributed by atoms with Gasteiger partial charge >= 0.3 is 0 Å². The number of aryl methyl sites for hydroxylation is 2. The summed E-state index contributed by atoms with van der Waals surface area (Å²) in [6.45, 7) is 13.1. The van der Waals surface area contributed by atoms with E-state index in [1.165, 1.54) is 45.0 Å². The van der Waals surface area contributed by atoms with Crippen molar-refractivity contribution in [2.24, 2.45) is 0 Å². The van der Waals surface area contributed by atoms with Gasteiger partial charge in [-0.3, -0.25) is 0 Å². The Hall–Kier alpha value is -1.44. The molecule has 0 aliphatic rings. The molecular weight excluding hydrogens is 208 g/mol. The molecule has 92 valence electrons. The van der Waals surface area contributed by atoms with Gasteiger partial charge in [0.25, 0.3) is 0 Å². The lowest BCUT2D eigenvalue weighted by Gasteiger charge is -2.01. The molecule has 0 aromatic carbocycles. The first-order valence-corrected chi connectivity index (χ1v) is 6.21. The van der Waals surface area contributed by atoms with E-state index < -0.39 is 0 Å². The van der Waals surface area contributed by atoms with Crippen LogP contribution >= 0.6 is 0 Å². The van der Waals surface area contributed by atoms with E-state index in [-0.39, 0.29) is 0 Å². The Balaban J connectivity index is 2.38. The number of nitrogens with one attached hydrogen (secondary N) is 2. The van der Waals surface area contributed by atoms with Crippen LogP contribution in [0.25, 0.3) is 0 Å². The Morgan fingerprint density at radius 1 is 0.588 bits per heavy atom. The highest BCUT2D eigenvalue weighted by Crippen LogP contribution is 2.23. The van der Waals surface area contributed by atoms with E-state index in [9.17, 15) is 0 Å². The molecule has 0 atom stereocenters. The fraction of sp³-hybridized carbons (Fsp3) is 0.467. The number of aromatic nitrogens is 2. The first-order valence-electron chi connectivity index (χ1n) is 6.21. The summed E-state index contributed by atoms with van der Waals surface area (Å²) in [6.07, 6.45) is 0.973. The lowest BCUT2D eigenvalue weighted by atomic mass is 10.1.